The molecule has 1 amide bonds. The first kappa shape index (κ1) is 16.0. The van der Waals surface area contributed by atoms with E-state index in [9.17, 15) is 9.59 Å². The summed E-state index contributed by atoms with van der Waals surface area (Å²) < 4.78 is 5.14. The molecule has 110 valence electrons. The van der Waals surface area contributed by atoms with Crippen molar-refractivity contribution in [2.24, 2.45) is 0 Å². The van der Waals surface area contributed by atoms with Crippen molar-refractivity contribution in [3.8, 4) is 0 Å². The van der Waals surface area contributed by atoms with Crippen LogP contribution in [0.3, 0.4) is 0 Å². The smallest absolute Gasteiger partial charge is 0.407 e. The highest BCUT2D eigenvalue weighted by Crippen LogP contribution is 2.16. The molecule has 0 aliphatic heterocycles. The first-order valence-electron chi connectivity index (χ1n) is 6.49. The number of nitrogens with one attached hydrogen (secondary N) is 1. The van der Waals surface area contributed by atoms with Crippen molar-refractivity contribution < 1.29 is 19.4 Å². The van der Waals surface area contributed by atoms with Crippen LogP contribution in [0.15, 0.2) is 24.3 Å². The van der Waals surface area contributed by atoms with Crippen LogP contribution >= 0.6 is 0 Å². The lowest BCUT2D eigenvalue weighted by molar-refractivity contribution is 0.0524. The van der Waals surface area contributed by atoms with E-state index in [2.05, 4.69) is 5.32 Å². The Bertz CT molecular complexity index is 491. The molecule has 0 heterocycles. The van der Waals surface area contributed by atoms with Crippen molar-refractivity contribution in [2.75, 3.05) is 6.54 Å². The minimum atomic E-state index is -0.959. The third kappa shape index (κ3) is 5.30. The standard InChI is InChI=1S/C15H21NO4/c1-10(9-16-14(19)20-15(2,3)4)11-6-5-7-12(8-11)13(17)18/h5-8,10H,9H2,1-4H3,(H,16,19)(H,17,18). The molecule has 0 spiro atoms. The van der Waals surface area contributed by atoms with Gasteiger partial charge in [-0.1, -0.05) is 19.1 Å². The van der Waals surface area contributed by atoms with E-state index in [4.69, 9.17) is 9.84 Å². The molecule has 0 bridgehead atoms. The van der Waals surface area contributed by atoms with Crippen molar-refractivity contribution in [3.05, 3.63) is 35.4 Å². The molecule has 0 aliphatic rings. The Morgan fingerprint density at radius 3 is 2.55 bits per heavy atom. The van der Waals surface area contributed by atoms with E-state index in [1.165, 1.54) is 0 Å². The van der Waals surface area contributed by atoms with Gasteiger partial charge in [-0.3, -0.25) is 0 Å². The zero-order valence-electron chi connectivity index (χ0n) is 12.3. The molecule has 1 unspecified atom stereocenters. The van der Waals surface area contributed by atoms with Crippen LogP contribution in [-0.4, -0.2) is 29.3 Å². The lowest BCUT2D eigenvalue weighted by Gasteiger charge is -2.21. The number of amides is 1. The van der Waals surface area contributed by atoms with E-state index < -0.39 is 17.7 Å². The van der Waals surface area contributed by atoms with Crippen molar-refractivity contribution in [1.29, 1.82) is 0 Å². The highest BCUT2D eigenvalue weighted by atomic mass is 16.6. The van der Waals surface area contributed by atoms with Crippen molar-refractivity contribution in [1.82, 2.24) is 5.32 Å². The molecule has 1 rings (SSSR count). The van der Waals surface area contributed by atoms with Gasteiger partial charge in [0.25, 0.3) is 0 Å². The zero-order chi connectivity index (χ0) is 15.3. The molecule has 20 heavy (non-hydrogen) atoms. The highest BCUT2D eigenvalue weighted by Gasteiger charge is 2.17. The molecule has 1 aromatic rings. The van der Waals surface area contributed by atoms with E-state index in [1.54, 1.807) is 39.0 Å². The van der Waals surface area contributed by atoms with Crippen LogP contribution in [-0.2, 0) is 4.74 Å². The molecular weight excluding hydrogens is 258 g/mol. The van der Waals surface area contributed by atoms with Gasteiger partial charge in [-0.25, -0.2) is 9.59 Å². The maximum atomic E-state index is 11.5. The Hall–Kier alpha value is -2.04. The normalized spacial score (nSPS) is 12.6. The number of aromatic carboxylic acids is 1. The van der Waals surface area contributed by atoms with Gasteiger partial charge in [-0.05, 0) is 44.4 Å². The summed E-state index contributed by atoms with van der Waals surface area (Å²) in [5.74, 6) is -0.957. The van der Waals surface area contributed by atoms with Crippen LogP contribution in [0, 0.1) is 0 Å². The van der Waals surface area contributed by atoms with Gasteiger partial charge >= 0.3 is 12.1 Å². The van der Waals surface area contributed by atoms with Gasteiger partial charge in [0, 0.05) is 6.54 Å². The number of hydrogen-bond donors (Lipinski definition) is 2. The molecular formula is C15H21NO4. The first-order valence-corrected chi connectivity index (χ1v) is 6.49. The lowest BCUT2D eigenvalue weighted by Crippen LogP contribution is -2.34. The van der Waals surface area contributed by atoms with Gasteiger partial charge in [0.05, 0.1) is 5.56 Å². The molecule has 5 heteroatoms. The van der Waals surface area contributed by atoms with Gasteiger partial charge in [0.1, 0.15) is 5.60 Å². The van der Waals surface area contributed by atoms with E-state index in [-0.39, 0.29) is 11.5 Å². The summed E-state index contributed by atoms with van der Waals surface area (Å²) >= 11 is 0. The maximum absolute atomic E-state index is 11.5. The molecule has 0 fully saturated rings. The molecule has 2 N–H and O–H groups in total. The number of alkyl carbamates (subject to hydrolysis) is 1. The summed E-state index contributed by atoms with van der Waals surface area (Å²) in [6.45, 7) is 7.70. The summed E-state index contributed by atoms with van der Waals surface area (Å²) in [4.78, 5) is 22.5. The summed E-state index contributed by atoms with van der Waals surface area (Å²) in [6, 6.07) is 6.69. The van der Waals surface area contributed by atoms with E-state index >= 15 is 0 Å². The quantitative estimate of drug-likeness (QED) is 0.888. The van der Waals surface area contributed by atoms with Crippen LogP contribution in [0.4, 0.5) is 4.79 Å². The average molecular weight is 279 g/mol. The third-order valence-corrected chi connectivity index (χ3v) is 2.65. The SMILES string of the molecule is CC(CNC(=O)OC(C)(C)C)c1cccc(C(=O)O)c1. The van der Waals surface area contributed by atoms with Gasteiger partial charge in [0.15, 0.2) is 0 Å². The largest absolute Gasteiger partial charge is 0.478 e. The number of carbonyl (C=O) groups is 2. The molecule has 0 saturated heterocycles. The van der Waals surface area contributed by atoms with Crippen LogP contribution in [0.25, 0.3) is 0 Å². The predicted molar refractivity (Wildman–Crippen MR) is 76.1 cm³/mol. The number of benzene rings is 1. The molecule has 1 aromatic carbocycles. The fourth-order valence-corrected chi connectivity index (χ4v) is 1.65. The molecule has 0 aliphatic carbocycles. The predicted octanol–water partition coefficient (Wildman–Crippen LogP) is 3.01. The van der Waals surface area contributed by atoms with E-state index in [0.29, 0.717) is 6.54 Å². The fourth-order valence-electron chi connectivity index (χ4n) is 1.65. The number of carboxylic acids is 1. The Balaban J connectivity index is 2.59. The van der Waals surface area contributed by atoms with Gasteiger partial charge in [-0.15, -0.1) is 0 Å². The Kier molecular flexibility index (Phi) is 5.13. The van der Waals surface area contributed by atoms with Crippen LogP contribution in [0.1, 0.15) is 49.5 Å². The van der Waals surface area contributed by atoms with Gasteiger partial charge in [0.2, 0.25) is 0 Å². The minimum Gasteiger partial charge on any atom is -0.478 e. The highest BCUT2D eigenvalue weighted by molar-refractivity contribution is 5.87. The summed E-state index contributed by atoms with van der Waals surface area (Å²) in [5, 5.41) is 11.6. The second-order valence-corrected chi connectivity index (χ2v) is 5.71. The number of carbonyl (C=O) groups excluding carboxylic acids is 1. The van der Waals surface area contributed by atoms with Crippen LogP contribution in [0.5, 0.6) is 0 Å². The first-order chi connectivity index (χ1) is 9.19. The topological polar surface area (TPSA) is 75.6 Å². The number of rotatable bonds is 4. The zero-order valence-corrected chi connectivity index (χ0v) is 12.3. The second-order valence-electron chi connectivity index (χ2n) is 5.71. The van der Waals surface area contributed by atoms with Crippen molar-refractivity contribution in [3.63, 3.8) is 0 Å². The van der Waals surface area contributed by atoms with Crippen LogP contribution < -0.4 is 5.32 Å². The summed E-state index contributed by atoms with van der Waals surface area (Å²) in [5.41, 5.74) is 0.573. The Labute approximate surface area is 118 Å². The third-order valence-electron chi connectivity index (χ3n) is 2.65. The molecule has 1 atom stereocenters. The minimum absolute atomic E-state index is 0.00168. The van der Waals surface area contributed by atoms with Crippen molar-refractivity contribution >= 4 is 12.1 Å². The second kappa shape index (κ2) is 6.41. The number of carboxylic acid groups (broad SMARTS) is 1. The van der Waals surface area contributed by atoms with Gasteiger partial charge in [-0.2, -0.15) is 0 Å². The van der Waals surface area contributed by atoms with Crippen molar-refractivity contribution in [2.45, 2.75) is 39.2 Å². The monoisotopic (exact) mass is 279 g/mol. The molecule has 0 aromatic heterocycles. The maximum Gasteiger partial charge on any atom is 0.407 e. The average Bonchev–Trinajstić information content (AvgIpc) is 2.34. The van der Waals surface area contributed by atoms with Gasteiger partial charge < -0.3 is 15.2 Å². The van der Waals surface area contributed by atoms with Crippen LogP contribution in [0.2, 0.25) is 0 Å². The Morgan fingerprint density at radius 1 is 1.35 bits per heavy atom. The number of ether oxygens (including phenoxy) is 1. The van der Waals surface area contributed by atoms with E-state index in [0.717, 1.165) is 5.56 Å². The summed E-state index contributed by atoms with van der Waals surface area (Å²) in [6.07, 6.45) is -0.473. The lowest BCUT2D eigenvalue weighted by atomic mass is 9.99. The molecule has 0 radical (unpaired) electrons. The summed E-state index contributed by atoms with van der Waals surface area (Å²) in [7, 11) is 0. The molecule has 0 saturated carbocycles. The number of hydrogen-bond acceptors (Lipinski definition) is 3. The Morgan fingerprint density at radius 2 is 2.00 bits per heavy atom. The van der Waals surface area contributed by atoms with E-state index in [1.807, 2.05) is 13.0 Å². The fraction of sp³-hybridized carbons (Fsp3) is 0.467. The molecule has 5 nitrogen and oxygen atoms in total.